The fraction of sp³-hybridized carbons (Fsp3) is 0.769. The Kier molecular flexibility index (Phi) is 11.1. The van der Waals surface area contributed by atoms with Gasteiger partial charge in [-0.2, -0.15) is 0 Å². The SMILES string of the molecule is CCC(=O)C(CCCNC(N)=O)NC(=O)C(NSS)C(C)C. The standard InChI is InChI=1S/C13H26N4O3S2/c1-4-10(18)9(6-5-7-15-13(14)20)16-12(19)11(8(2)3)17-22-21/h8-9,11,17,21H,4-7H2,1-3H3,(H,16,19)(H3,14,15,20). The topological polar surface area (TPSA) is 113 Å². The summed E-state index contributed by atoms with van der Waals surface area (Å²) in [5.74, 6) is -0.201. The average Bonchev–Trinajstić information content (AvgIpc) is 2.46. The van der Waals surface area contributed by atoms with Gasteiger partial charge in [0.2, 0.25) is 5.91 Å². The van der Waals surface area contributed by atoms with Gasteiger partial charge in [-0.05, 0) is 29.7 Å². The minimum Gasteiger partial charge on any atom is -0.352 e. The average molecular weight is 351 g/mol. The third-order valence-electron chi connectivity index (χ3n) is 3.15. The molecule has 128 valence electrons. The van der Waals surface area contributed by atoms with E-state index < -0.39 is 18.1 Å². The zero-order valence-electron chi connectivity index (χ0n) is 13.2. The molecule has 3 amide bonds. The molecular weight excluding hydrogens is 324 g/mol. The van der Waals surface area contributed by atoms with Crippen LogP contribution >= 0.6 is 22.6 Å². The molecule has 0 rings (SSSR count). The maximum atomic E-state index is 12.3. The Bertz CT molecular complexity index is 380. The summed E-state index contributed by atoms with van der Waals surface area (Å²) in [6.07, 6.45) is 1.35. The molecule has 22 heavy (non-hydrogen) atoms. The Morgan fingerprint density at radius 2 is 1.91 bits per heavy atom. The van der Waals surface area contributed by atoms with Gasteiger partial charge in [0, 0.05) is 13.0 Å². The first kappa shape index (κ1) is 21.1. The van der Waals surface area contributed by atoms with Gasteiger partial charge in [0.1, 0.15) is 0 Å². The molecule has 0 aromatic heterocycles. The van der Waals surface area contributed by atoms with Crippen molar-refractivity contribution in [2.45, 2.75) is 52.1 Å². The number of primary amides is 1. The third kappa shape index (κ3) is 8.50. The number of amides is 3. The number of ketones is 1. The van der Waals surface area contributed by atoms with Gasteiger partial charge in [0.25, 0.3) is 0 Å². The van der Waals surface area contributed by atoms with Crippen molar-refractivity contribution in [2.24, 2.45) is 11.7 Å². The molecule has 0 aromatic rings. The molecule has 9 heteroatoms. The second kappa shape index (κ2) is 11.6. The number of hydrogen-bond donors (Lipinski definition) is 5. The van der Waals surface area contributed by atoms with Gasteiger partial charge in [-0.15, -0.1) is 0 Å². The van der Waals surface area contributed by atoms with Gasteiger partial charge in [0.15, 0.2) is 5.78 Å². The van der Waals surface area contributed by atoms with E-state index in [9.17, 15) is 14.4 Å². The Morgan fingerprint density at radius 1 is 1.27 bits per heavy atom. The Morgan fingerprint density at radius 3 is 2.36 bits per heavy atom. The molecule has 0 aliphatic heterocycles. The van der Waals surface area contributed by atoms with Crippen LogP contribution in [-0.4, -0.2) is 36.3 Å². The van der Waals surface area contributed by atoms with Crippen LogP contribution in [0, 0.1) is 5.92 Å². The zero-order valence-corrected chi connectivity index (χ0v) is 14.9. The van der Waals surface area contributed by atoms with Crippen molar-refractivity contribution in [3.05, 3.63) is 0 Å². The maximum absolute atomic E-state index is 12.3. The molecule has 2 atom stereocenters. The summed E-state index contributed by atoms with van der Waals surface area (Å²) >= 11 is 3.99. The number of urea groups is 1. The number of nitrogens with one attached hydrogen (secondary N) is 3. The molecule has 0 aliphatic carbocycles. The normalized spacial score (nSPS) is 13.5. The van der Waals surface area contributed by atoms with Crippen molar-refractivity contribution in [1.82, 2.24) is 15.4 Å². The number of hydrogen-bond acceptors (Lipinski definition) is 6. The Balaban J connectivity index is 4.59. The summed E-state index contributed by atoms with van der Waals surface area (Å²) in [7, 11) is 1.07. The molecular formula is C13H26N4O3S2. The summed E-state index contributed by atoms with van der Waals surface area (Å²) in [5, 5.41) is 5.24. The number of carbonyl (C=O) groups excluding carboxylic acids is 3. The molecule has 0 aromatic carbocycles. The fourth-order valence-electron chi connectivity index (χ4n) is 1.89. The summed E-state index contributed by atoms with van der Waals surface area (Å²) in [4.78, 5) is 34.8. The first-order chi connectivity index (χ1) is 10.3. The predicted octanol–water partition coefficient (Wildman–Crippen LogP) is 1.01. The summed E-state index contributed by atoms with van der Waals surface area (Å²) in [6.45, 7) is 5.95. The lowest BCUT2D eigenvalue weighted by atomic mass is 10.0. The number of nitrogens with two attached hydrogens (primary N) is 1. The van der Waals surface area contributed by atoms with Gasteiger partial charge in [-0.3, -0.25) is 9.59 Å². The second-order valence-corrected chi connectivity index (χ2v) is 6.21. The minimum absolute atomic E-state index is 0.0338. The van der Waals surface area contributed by atoms with Crippen LogP contribution in [-0.2, 0) is 9.59 Å². The van der Waals surface area contributed by atoms with Crippen LogP contribution in [0.3, 0.4) is 0 Å². The zero-order chi connectivity index (χ0) is 17.1. The molecule has 0 saturated heterocycles. The van der Waals surface area contributed by atoms with E-state index in [1.165, 1.54) is 0 Å². The fourth-order valence-corrected chi connectivity index (χ4v) is 2.72. The molecule has 0 radical (unpaired) electrons. The lowest BCUT2D eigenvalue weighted by Gasteiger charge is -2.24. The van der Waals surface area contributed by atoms with Gasteiger partial charge in [0.05, 0.1) is 12.1 Å². The highest BCUT2D eigenvalue weighted by Gasteiger charge is 2.26. The van der Waals surface area contributed by atoms with Gasteiger partial charge in [-0.1, -0.05) is 32.4 Å². The van der Waals surface area contributed by atoms with E-state index in [1.807, 2.05) is 13.8 Å². The highest BCUT2D eigenvalue weighted by atomic mass is 33.1. The summed E-state index contributed by atoms with van der Waals surface area (Å²) < 4.78 is 2.91. The number of Topliss-reactive ketones (excluding diaryl/α,β-unsaturated/α-hetero) is 1. The summed E-state index contributed by atoms with van der Waals surface area (Å²) in [5.41, 5.74) is 4.98. The largest absolute Gasteiger partial charge is 0.352 e. The first-order valence-corrected chi connectivity index (χ1v) is 9.12. The van der Waals surface area contributed by atoms with Crippen molar-refractivity contribution >= 4 is 40.4 Å². The van der Waals surface area contributed by atoms with Crippen LogP contribution in [0.1, 0.15) is 40.0 Å². The van der Waals surface area contributed by atoms with Crippen LogP contribution < -0.4 is 21.1 Å². The minimum atomic E-state index is -0.600. The second-order valence-electron chi connectivity index (χ2n) is 5.25. The lowest BCUT2D eigenvalue weighted by Crippen LogP contribution is -2.50. The number of rotatable bonds is 11. The van der Waals surface area contributed by atoms with Gasteiger partial charge < -0.3 is 16.4 Å². The van der Waals surface area contributed by atoms with Crippen LogP contribution in [0.4, 0.5) is 4.79 Å². The number of carbonyl (C=O) groups is 3. The molecule has 0 fully saturated rings. The first-order valence-electron chi connectivity index (χ1n) is 7.25. The van der Waals surface area contributed by atoms with Crippen molar-refractivity contribution in [3.8, 4) is 0 Å². The quantitative estimate of drug-likeness (QED) is 0.165. The lowest BCUT2D eigenvalue weighted by molar-refractivity contribution is -0.129. The van der Waals surface area contributed by atoms with Crippen LogP contribution in [0.25, 0.3) is 0 Å². The Labute approximate surface area is 140 Å². The third-order valence-corrected chi connectivity index (χ3v) is 3.83. The van der Waals surface area contributed by atoms with Crippen molar-refractivity contribution in [3.63, 3.8) is 0 Å². The van der Waals surface area contributed by atoms with E-state index in [1.54, 1.807) is 6.92 Å². The highest BCUT2D eigenvalue weighted by molar-refractivity contribution is 8.67. The van der Waals surface area contributed by atoms with E-state index in [0.717, 1.165) is 11.0 Å². The van der Waals surface area contributed by atoms with Crippen LogP contribution in [0.15, 0.2) is 0 Å². The Hall–Kier alpha value is -0.930. The van der Waals surface area contributed by atoms with Crippen molar-refractivity contribution in [1.29, 1.82) is 0 Å². The molecule has 5 N–H and O–H groups in total. The molecule has 0 bridgehead atoms. The smallest absolute Gasteiger partial charge is 0.312 e. The molecule has 0 heterocycles. The van der Waals surface area contributed by atoms with E-state index in [-0.39, 0.29) is 17.6 Å². The van der Waals surface area contributed by atoms with Crippen LogP contribution in [0.5, 0.6) is 0 Å². The monoisotopic (exact) mass is 350 g/mol. The van der Waals surface area contributed by atoms with E-state index >= 15 is 0 Å². The van der Waals surface area contributed by atoms with E-state index in [4.69, 9.17) is 5.73 Å². The number of thiol groups is 1. The molecule has 0 saturated carbocycles. The maximum Gasteiger partial charge on any atom is 0.312 e. The van der Waals surface area contributed by atoms with E-state index in [0.29, 0.717) is 25.8 Å². The highest BCUT2D eigenvalue weighted by Crippen LogP contribution is 2.10. The molecule has 2 unspecified atom stereocenters. The van der Waals surface area contributed by atoms with Crippen LogP contribution in [0.2, 0.25) is 0 Å². The van der Waals surface area contributed by atoms with Gasteiger partial charge >= 0.3 is 6.03 Å². The summed E-state index contributed by atoms with van der Waals surface area (Å²) in [6, 6.07) is -1.59. The van der Waals surface area contributed by atoms with E-state index in [2.05, 4.69) is 27.0 Å². The van der Waals surface area contributed by atoms with Gasteiger partial charge in [-0.25, -0.2) is 9.52 Å². The molecule has 7 nitrogen and oxygen atoms in total. The van der Waals surface area contributed by atoms with Crippen molar-refractivity contribution < 1.29 is 14.4 Å². The van der Waals surface area contributed by atoms with Crippen molar-refractivity contribution in [2.75, 3.05) is 6.54 Å². The predicted molar refractivity (Wildman–Crippen MR) is 92.4 cm³/mol. The molecule has 0 aliphatic rings. The molecule has 0 spiro atoms.